The monoisotopic (exact) mass is 266 g/mol. The van der Waals surface area contributed by atoms with Gasteiger partial charge in [0.2, 0.25) is 0 Å². The van der Waals surface area contributed by atoms with Crippen LogP contribution in [0.5, 0.6) is 0 Å². The highest BCUT2D eigenvalue weighted by Crippen LogP contribution is 2.36. The number of fused-ring (bicyclic) bond motifs is 1. The lowest BCUT2D eigenvalue weighted by Gasteiger charge is -2.47. The largest absolute Gasteiger partial charge is 0.312 e. The lowest BCUT2D eigenvalue weighted by atomic mass is 9.78. The molecule has 19 heavy (non-hydrogen) atoms. The van der Waals surface area contributed by atoms with Gasteiger partial charge in [0.05, 0.1) is 0 Å². The summed E-state index contributed by atoms with van der Waals surface area (Å²) in [5, 5.41) is 3.77. The maximum absolute atomic E-state index is 3.77. The third kappa shape index (κ3) is 3.95. The molecule has 0 radical (unpaired) electrons. The second-order valence-corrected chi connectivity index (χ2v) is 6.76. The fraction of sp³-hybridized carbons (Fsp3) is 1.00. The van der Waals surface area contributed by atoms with E-state index in [1.165, 1.54) is 64.5 Å². The van der Waals surface area contributed by atoms with Crippen molar-refractivity contribution >= 4 is 0 Å². The number of rotatable bonds is 6. The van der Waals surface area contributed by atoms with Crippen LogP contribution in [0.15, 0.2) is 0 Å². The Balaban J connectivity index is 1.84. The van der Waals surface area contributed by atoms with E-state index in [9.17, 15) is 0 Å². The topological polar surface area (TPSA) is 15.3 Å². The van der Waals surface area contributed by atoms with Gasteiger partial charge in [-0.2, -0.15) is 0 Å². The third-order valence-corrected chi connectivity index (χ3v) is 5.54. The Morgan fingerprint density at radius 1 is 1.05 bits per heavy atom. The number of likely N-dealkylation sites (tertiary alicyclic amines) is 1. The van der Waals surface area contributed by atoms with E-state index in [1.807, 2.05) is 0 Å². The van der Waals surface area contributed by atoms with Crippen LogP contribution in [0.2, 0.25) is 0 Å². The average Bonchev–Trinajstić information content (AvgIpc) is 2.47. The molecule has 0 spiro atoms. The number of nitrogens with zero attached hydrogens (tertiary/aromatic N) is 1. The molecule has 2 heteroatoms. The van der Waals surface area contributed by atoms with Gasteiger partial charge in [-0.3, -0.25) is 4.90 Å². The summed E-state index contributed by atoms with van der Waals surface area (Å²) in [6.07, 6.45) is 11.3. The smallest absolute Gasteiger partial charge is 0.0195 e. The molecule has 1 saturated carbocycles. The van der Waals surface area contributed by atoms with Gasteiger partial charge < -0.3 is 5.32 Å². The summed E-state index contributed by atoms with van der Waals surface area (Å²) >= 11 is 0. The molecule has 1 aliphatic carbocycles. The van der Waals surface area contributed by atoms with Gasteiger partial charge in [-0.05, 0) is 57.9 Å². The summed E-state index contributed by atoms with van der Waals surface area (Å²) in [5.41, 5.74) is 0. The van der Waals surface area contributed by atoms with Gasteiger partial charge in [0, 0.05) is 24.7 Å². The van der Waals surface area contributed by atoms with E-state index in [-0.39, 0.29) is 0 Å². The lowest BCUT2D eigenvalue weighted by molar-refractivity contribution is 0.0306. The summed E-state index contributed by atoms with van der Waals surface area (Å²) in [6, 6.07) is 2.34. The van der Waals surface area contributed by atoms with Gasteiger partial charge in [0.1, 0.15) is 0 Å². The Hall–Kier alpha value is -0.0800. The van der Waals surface area contributed by atoms with Crippen LogP contribution in [0.4, 0.5) is 0 Å². The summed E-state index contributed by atoms with van der Waals surface area (Å²) in [7, 11) is 0. The first-order valence-corrected chi connectivity index (χ1v) is 8.75. The van der Waals surface area contributed by atoms with E-state index in [0.29, 0.717) is 6.04 Å². The maximum atomic E-state index is 3.77. The second kappa shape index (κ2) is 7.64. The molecule has 112 valence electrons. The van der Waals surface area contributed by atoms with Gasteiger partial charge in [-0.1, -0.05) is 26.7 Å². The molecule has 3 atom stereocenters. The molecule has 1 saturated heterocycles. The van der Waals surface area contributed by atoms with Crippen LogP contribution < -0.4 is 5.32 Å². The first-order chi connectivity index (χ1) is 9.26. The Morgan fingerprint density at radius 3 is 2.47 bits per heavy atom. The van der Waals surface area contributed by atoms with E-state index in [2.05, 4.69) is 31.0 Å². The van der Waals surface area contributed by atoms with Crippen molar-refractivity contribution in [2.24, 2.45) is 5.92 Å². The SMILES string of the molecule is CCC(CC)NCC(C)N1CCCC2CCCCC21. The summed E-state index contributed by atoms with van der Waals surface area (Å²) in [6.45, 7) is 9.54. The van der Waals surface area contributed by atoms with Crippen LogP contribution in [0.25, 0.3) is 0 Å². The minimum atomic E-state index is 0.714. The van der Waals surface area contributed by atoms with Crippen molar-refractivity contribution in [1.82, 2.24) is 10.2 Å². The molecule has 2 fully saturated rings. The van der Waals surface area contributed by atoms with Crippen LogP contribution in [0, 0.1) is 5.92 Å². The average molecular weight is 266 g/mol. The standard InChI is InChI=1S/C17H34N2/c1-4-16(5-2)18-13-14(3)19-12-8-10-15-9-6-7-11-17(15)19/h14-18H,4-13H2,1-3H3. The number of hydrogen-bond acceptors (Lipinski definition) is 2. The molecule has 2 aliphatic rings. The molecule has 0 bridgehead atoms. The van der Waals surface area contributed by atoms with Crippen molar-refractivity contribution in [3.05, 3.63) is 0 Å². The molecular formula is C17H34N2. The summed E-state index contributed by atoms with van der Waals surface area (Å²) < 4.78 is 0. The minimum absolute atomic E-state index is 0.714. The zero-order valence-electron chi connectivity index (χ0n) is 13.3. The molecule has 1 heterocycles. The Kier molecular flexibility index (Phi) is 6.15. The summed E-state index contributed by atoms with van der Waals surface area (Å²) in [5.74, 6) is 1.01. The first-order valence-electron chi connectivity index (χ1n) is 8.75. The fourth-order valence-corrected chi connectivity index (χ4v) is 4.24. The second-order valence-electron chi connectivity index (χ2n) is 6.76. The van der Waals surface area contributed by atoms with Crippen molar-refractivity contribution < 1.29 is 0 Å². The van der Waals surface area contributed by atoms with Crippen LogP contribution in [-0.2, 0) is 0 Å². The third-order valence-electron chi connectivity index (χ3n) is 5.54. The quantitative estimate of drug-likeness (QED) is 0.786. The molecule has 0 aromatic carbocycles. The first kappa shape index (κ1) is 15.3. The van der Waals surface area contributed by atoms with Crippen LogP contribution in [0.1, 0.15) is 72.1 Å². The van der Waals surface area contributed by atoms with Gasteiger partial charge in [0.25, 0.3) is 0 Å². The molecule has 1 N–H and O–H groups in total. The fourth-order valence-electron chi connectivity index (χ4n) is 4.24. The van der Waals surface area contributed by atoms with Gasteiger partial charge in [-0.15, -0.1) is 0 Å². The Bertz CT molecular complexity index is 248. The van der Waals surface area contributed by atoms with E-state index in [0.717, 1.165) is 18.0 Å². The van der Waals surface area contributed by atoms with E-state index in [1.54, 1.807) is 0 Å². The van der Waals surface area contributed by atoms with Crippen molar-refractivity contribution in [3.8, 4) is 0 Å². The highest BCUT2D eigenvalue weighted by atomic mass is 15.2. The van der Waals surface area contributed by atoms with Crippen molar-refractivity contribution in [2.75, 3.05) is 13.1 Å². The molecule has 2 nitrogen and oxygen atoms in total. The molecule has 0 amide bonds. The van der Waals surface area contributed by atoms with E-state index in [4.69, 9.17) is 0 Å². The van der Waals surface area contributed by atoms with Gasteiger partial charge in [0.15, 0.2) is 0 Å². The predicted molar refractivity (Wildman–Crippen MR) is 83.5 cm³/mol. The minimum Gasteiger partial charge on any atom is -0.312 e. The molecular weight excluding hydrogens is 232 g/mol. The molecule has 2 rings (SSSR count). The highest BCUT2D eigenvalue weighted by molar-refractivity contribution is 4.90. The maximum Gasteiger partial charge on any atom is 0.0195 e. The molecule has 0 aromatic heterocycles. The lowest BCUT2D eigenvalue weighted by Crippen LogP contribution is -2.53. The summed E-state index contributed by atoms with van der Waals surface area (Å²) in [4.78, 5) is 2.84. The number of hydrogen-bond donors (Lipinski definition) is 1. The molecule has 1 aliphatic heterocycles. The zero-order valence-corrected chi connectivity index (χ0v) is 13.3. The van der Waals surface area contributed by atoms with Crippen LogP contribution >= 0.6 is 0 Å². The van der Waals surface area contributed by atoms with Crippen molar-refractivity contribution in [3.63, 3.8) is 0 Å². The van der Waals surface area contributed by atoms with E-state index >= 15 is 0 Å². The van der Waals surface area contributed by atoms with Gasteiger partial charge >= 0.3 is 0 Å². The van der Waals surface area contributed by atoms with Crippen LogP contribution in [-0.4, -0.2) is 36.1 Å². The highest BCUT2D eigenvalue weighted by Gasteiger charge is 2.35. The normalized spacial score (nSPS) is 30.3. The van der Waals surface area contributed by atoms with Crippen molar-refractivity contribution in [1.29, 1.82) is 0 Å². The van der Waals surface area contributed by atoms with Gasteiger partial charge in [-0.25, -0.2) is 0 Å². The van der Waals surface area contributed by atoms with E-state index < -0.39 is 0 Å². The zero-order chi connectivity index (χ0) is 13.7. The Labute approximate surface area is 120 Å². The number of piperidine rings is 1. The predicted octanol–water partition coefficient (Wildman–Crippen LogP) is 3.81. The molecule has 3 unspecified atom stereocenters. The number of nitrogens with one attached hydrogen (secondary N) is 1. The molecule has 0 aromatic rings. The van der Waals surface area contributed by atoms with Crippen LogP contribution in [0.3, 0.4) is 0 Å². The Morgan fingerprint density at radius 2 is 1.74 bits per heavy atom. The van der Waals surface area contributed by atoms with Crippen molar-refractivity contribution in [2.45, 2.75) is 90.3 Å².